The van der Waals surface area contributed by atoms with Crippen LogP contribution < -0.4 is 11.3 Å². The zero-order chi connectivity index (χ0) is 12.3. The van der Waals surface area contributed by atoms with Gasteiger partial charge in [0.05, 0.1) is 5.69 Å². The number of aromatic nitrogens is 1. The van der Waals surface area contributed by atoms with Gasteiger partial charge in [0, 0.05) is 18.0 Å². The number of hydrazine groups is 1. The second kappa shape index (κ2) is 5.57. The summed E-state index contributed by atoms with van der Waals surface area (Å²) in [5.74, 6) is 4.77. The van der Waals surface area contributed by atoms with Crippen molar-refractivity contribution < 1.29 is 4.79 Å². The topological polar surface area (TPSA) is 71.2 Å². The molecular weight excluding hydrogens is 236 g/mol. The van der Waals surface area contributed by atoms with Crippen LogP contribution in [-0.2, 0) is 6.54 Å². The Bertz CT molecular complexity index is 389. The van der Waals surface area contributed by atoms with E-state index in [9.17, 15) is 4.79 Å². The maximum absolute atomic E-state index is 11.3. The highest BCUT2D eigenvalue weighted by Crippen LogP contribution is 2.28. The molecule has 1 aromatic rings. The summed E-state index contributed by atoms with van der Waals surface area (Å²) in [5, 5.41) is 2.38. The van der Waals surface area contributed by atoms with Gasteiger partial charge in [-0.2, -0.15) is 0 Å². The molecule has 0 saturated heterocycles. The number of amides is 1. The molecule has 0 aliphatic heterocycles. The van der Waals surface area contributed by atoms with Crippen molar-refractivity contribution >= 4 is 17.2 Å². The average Bonchev–Trinajstić information content (AvgIpc) is 3.08. The second-order valence-electron chi connectivity index (χ2n) is 4.32. The minimum absolute atomic E-state index is 0.310. The molecule has 3 N–H and O–H groups in total. The van der Waals surface area contributed by atoms with Gasteiger partial charge in [0.2, 0.25) is 0 Å². The Morgan fingerprint density at radius 2 is 2.47 bits per heavy atom. The molecule has 1 aliphatic rings. The molecule has 1 aliphatic carbocycles. The molecule has 0 atom stereocenters. The first-order chi connectivity index (χ1) is 8.24. The zero-order valence-corrected chi connectivity index (χ0v) is 10.8. The average molecular weight is 254 g/mol. The van der Waals surface area contributed by atoms with E-state index in [4.69, 9.17) is 5.84 Å². The monoisotopic (exact) mass is 254 g/mol. The van der Waals surface area contributed by atoms with E-state index in [0.29, 0.717) is 5.01 Å². The number of rotatable bonds is 6. The van der Waals surface area contributed by atoms with Crippen LogP contribution in [0.15, 0.2) is 5.38 Å². The molecule has 94 valence electrons. The van der Waals surface area contributed by atoms with E-state index in [1.807, 2.05) is 5.38 Å². The molecule has 0 unspecified atom stereocenters. The maximum Gasteiger partial charge on any atom is 0.294 e. The van der Waals surface area contributed by atoms with Crippen LogP contribution in [0.3, 0.4) is 0 Å². The van der Waals surface area contributed by atoms with Gasteiger partial charge in [0.1, 0.15) is 0 Å². The fraction of sp³-hybridized carbons (Fsp3) is 0.636. The van der Waals surface area contributed by atoms with Crippen LogP contribution in [0.4, 0.5) is 0 Å². The minimum Gasteiger partial charge on any atom is -0.295 e. The van der Waals surface area contributed by atoms with E-state index >= 15 is 0 Å². The Hall–Kier alpha value is -0.980. The summed E-state index contributed by atoms with van der Waals surface area (Å²) in [5.41, 5.74) is 3.07. The third-order valence-electron chi connectivity index (χ3n) is 2.82. The van der Waals surface area contributed by atoms with Crippen LogP contribution in [0.5, 0.6) is 0 Å². The summed E-state index contributed by atoms with van der Waals surface area (Å²) in [6, 6.07) is 0.725. The van der Waals surface area contributed by atoms with Gasteiger partial charge >= 0.3 is 0 Å². The quantitative estimate of drug-likeness (QED) is 0.453. The van der Waals surface area contributed by atoms with Gasteiger partial charge in [-0.15, -0.1) is 11.3 Å². The molecule has 1 saturated carbocycles. The lowest BCUT2D eigenvalue weighted by molar-refractivity contribution is 0.0953. The number of carbonyl (C=O) groups excluding carboxylic acids is 1. The van der Waals surface area contributed by atoms with Crippen molar-refractivity contribution in [2.24, 2.45) is 5.84 Å². The third-order valence-corrected chi connectivity index (χ3v) is 3.71. The standard InChI is InChI=1S/C11H18N4OS/c1-2-5-15(9-3-4-9)6-8-7-17-11(13-8)10(16)14-12/h7,9H,2-6,12H2,1H3,(H,14,16). The van der Waals surface area contributed by atoms with Gasteiger partial charge in [0.25, 0.3) is 5.91 Å². The lowest BCUT2D eigenvalue weighted by Crippen LogP contribution is -2.30. The predicted octanol–water partition coefficient (Wildman–Crippen LogP) is 1.12. The molecule has 2 rings (SSSR count). The highest BCUT2D eigenvalue weighted by atomic mass is 32.1. The zero-order valence-electron chi connectivity index (χ0n) is 9.98. The summed E-state index contributed by atoms with van der Waals surface area (Å²) in [6.07, 6.45) is 3.73. The highest BCUT2D eigenvalue weighted by molar-refractivity contribution is 7.11. The number of nitrogens with zero attached hydrogens (tertiary/aromatic N) is 2. The number of thiazole rings is 1. The molecule has 1 amide bonds. The Morgan fingerprint density at radius 1 is 1.71 bits per heavy atom. The van der Waals surface area contributed by atoms with Crippen LogP contribution in [0.1, 0.15) is 41.7 Å². The summed E-state index contributed by atoms with van der Waals surface area (Å²) >= 11 is 1.34. The van der Waals surface area contributed by atoms with Crippen LogP contribution in [0.2, 0.25) is 0 Å². The van der Waals surface area contributed by atoms with Gasteiger partial charge in [0.15, 0.2) is 5.01 Å². The van der Waals surface area contributed by atoms with E-state index in [1.165, 1.54) is 24.2 Å². The van der Waals surface area contributed by atoms with E-state index < -0.39 is 0 Å². The number of nitrogens with two attached hydrogens (primary N) is 1. The van der Waals surface area contributed by atoms with E-state index in [0.717, 1.165) is 31.2 Å². The lowest BCUT2D eigenvalue weighted by atomic mass is 10.3. The van der Waals surface area contributed by atoms with Crippen molar-refractivity contribution in [1.29, 1.82) is 0 Å². The first-order valence-electron chi connectivity index (χ1n) is 5.94. The van der Waals surface area contributed by atoms with Crippen molar-refractivity contribution in [3.8, 4) is 0 Å². The van der Waals surface area contributed by atoms with Crippen molar-refractivity contribution in [3.63, 3.8) is 0 Å². The molecule has 6 heteroatoms. The molecule has 1 fully saturated rings. The van der Waals surface area contributed by atoms with Crippen LogP contribution in [0.25, 0.3) is 0 Å². The predicted molar refractivity (Wildman–Crippen MR) is 67.5 cm³/mol. The summed E-state index contributed by atoms with van der Waals surface area (Å²) in [4.78, 5) is 18.0. The minimum atomic E-state index is -0.310. The molecular formula is C11H18N4OS. The molecule has 0 bridgehead atoms. The molecule has 5 nitrogen and oxygen atoms in total. The molecule has 0 aromatic carbocycles. The highest BCUT2D eigenvalue weighted by Gasteiger charge is 2.28. The first kappa shape index (κ1) is 12.5. The molecule has 0 spiro atoms. The Labute approximate surface area is 105 Å². The lowest BCUT2D eigenvalue weighted by Gasteiger charge is -2.19. The van der Waals surface area contributed by atoms with Crippen molar-refractivity contribution in [2.45, 2.75) is 38.8 Å². The Balaban J connectivity index is 1.97. The van der Waals surface area contributed by atoms with Gasteiger partial charge in [-0.3, -0.25) is 15.1 Å². The maximum atomic E-state index is 11.3. The van der Waals surface area contributed by atoms with Gasteiger partial charge in [-0.1, -0.05) is 6.92 Å². The molecule has 1 heterocycles. The number of carbonyl (C=O) groups is 1. The summed E-state index contributed by atoms with van der Waals surface area (Å²) in [6.45, 7) is 4.12. The number of hydrogen-bond acceptors (Lipinski definition) is 5. The van der Waals surface area contributed by atoms with Crippen molar-refractivity contribution in [1.82, 2.24) is 15.3 Å². The van der Waals surface area contributed by atoms with Gasteiger partial charge in [-0.25, -0.2) is 10.8 Å². The van der Waals surface area contributed by atoms with Crippen molar-refractivity contribution in [3.05, 3.63) is 16.1 Å². The smallest absolute Gasteiger partial charge is 0.294 e. The largest absolute Gasteiger partial charge is 0.295 e. The van der Waals surface area contributed by atoms with Crippen LogP contribution in [-0.4, -0.2) is 28.4 Å². The van der Waals surface area contributed by atoms with E-state index in [-0.39, 0.29) is 5.91 Å². The Kier molecular flexibility index (Phi) is 4.09. The van der Waals surface area contributed by atoms with Gasteiger partial charge < -0.3 is 0 Å². The SMILES string of the molecule is CCCN(Cc1csc(C(=O)NN)n1)C1CC1. The molecule has 17 heavy (non-hydrogen) atoms. The molecule has 0 radical (unpaired) electrons. The van der Waals surface area contributed by atoms with E-state index in [2.05, 4.69) is 22.2 Å². The molecule has 1 aromatic heterocycles. The summed E-state index contributed by atoms with van der Waals surface area (Å²) < 4.78 is 0. The van der Waals surface area contributed by atoms with Crippen LogP contribution >= 0.6 is 11.3 Å². The number of hydrogen-bond donors (Lipinski definition) is 2. The number of nitrogens with one attached hydrogen (secondary N) is 1. The second-order valence-corrected chi connectivity index (χ2v) is 5.18. The van der Waals surface area contributed by atoms with Crippen molar-refractivity contribution in [2.75, 3.05) is 6.54 Å². The fourth-order valence-electron chi connectivity index (χ4n) is 1.87. The Morgan fingerprint density at radius 3 is 3.06 bits per heavy atom. The number of nitrogen functional groups attached to an aromatic ring is 1. The summed E-state index contributed by atoms with van der Waals surface area (Å²) in [7, 11) is 0. The van der Waals surface area contributed by atoms with Crippen LogP contribution in [0, 0.1) is 0 Å². The fourth-order valence-corrected chi connectivity index (χ4v) is 2.58. The van der Waals surface area contributed by atoms with E-state index in [1.54, 1.807) is 0 Å². The first-order valence-corrected chi connectivity index (χ1v) is 6.82. The normalized spacial score (nSPS) is 15.2. The third kappa shape index (κ3) is 3.24. The van der Waals surface area contributed by atoms with Gasteiger partial charge in [-0.05, 0) is 25.8 Å².